The Morgan fingerprint density at radius 1 is 0.971 bits per heavy atom. The van der Waals surface area contributed by atoms with Crippen LogP contribution in [0.25, 0.3) is 0 Å². The van der Waals surface area contributed by atoms with E-state index in [-0.39, 0.29) is 31.4 Å². The molecule has 0 aliphatic rings. The van der Waals surface area contributed by atoms with Gasteiger partial charge in [-0.15, -0.1) is 0 Å². The first-order valence-corrected chi connectivity index (χ1v) is 11.8. The molecule has 0 saturated carbocycles. The van der Waals surface area contributed by atoms with Gasteiger partial charge in [-0.2, -0.15) is 11.8 Å². The third-order valence-corrected chi connectivity index (χ3v) is 5.33. The van der Waals surface area contributed by atoms with E-state index in [4.69, 9.17) is 10.8 Å². The molecule has 0 spiro atoms. The van der Waals surface area contributed by atoms with E-state index < -0.39 is 54.3 Å². The number of benzene rings is 1. The monoisotopic (exact) mass is 498 g/mol. The molecular weight excluding hydrogens is 468 g/mol. The average molecular weight is 499 g/mol. The molecule has 3 amide bonds. The van der Waals surface area contributed by atoms with Gasteiger partial charge in [0, 0.05) is 12.8 Å². The maximum atomic E-state index is 12.8. The molecule has 0 bridgehead atoms. The zero-order valence-electron chi connectivity index (χ0n) is 18.7. The molecule has 0 saturated heterocycles. The van der Waals surface area contributed by atoms with Crippen molar-refractivity contribution in [3.63, 3.8) is 0 Å². The molecular formula is C21H30N4O8S. The maximum absolute atomic E-state index is 12.8. The molecule has 0 fully saturated rings. The Morgan fingerprint density at radius 2 is 1.62 bits per heavy atom. The molecule has 3 unspecified atom stereocenters. The van der Waals surface area contributed by atoms with Crippen LogP contribution in [0.1, 0.15) is 24.8 Å². The maximum Gasteiger partial charge on any atom is 0.326 e. The molecule has 1 rings (SSSR count). The van der Waals surface area contributed by atoms with E-state index in [1.54, 1.807) is 18.4 Å². The Balaban J connectivity index is 2.83. The summed E-state index contributed by atoms with van der Waals surface area (Å²) in [6.07, 6.45) is 1.57. The van der Waals surface area contributed by atoms with Crippen molar-refractivity contribution in [2.45, 2.75) is 43.8 Å². The van der Waals surface area contributed by atoms with Crippen LogP contribution in [0.5, 0.6) is 5.75 Å². The molecule has 0 aliphatic carbocycles. The van der Waals surface area contributed by atoms with Crippen molar-refractivity contribution in [2.75, 3.05) is 18.6 Å². The van der Waals surface area contributed by atoms with Crippen molar-refractivity contribution in [2.24, 2.45) is 5.73 Å². The van der Waals surface area contributed by atoms with Crippen LogP contribution >= 0.6 is 11.8 Å². The summed E-state index contributed by atoms with van der Waals surface area (Å²) >= 11 is 1.42. The number of hydrogen-bond donors (Lipinski definition) is 7. The number of nitrogens with one attached hydrogen (secondary N) is 3. The van der Waals surface area contributed by atoms with Crippen molar-refractivity contribution < 1.29 is 39.3 Å². The standard InChI is InChI=1S/C21H30N4O8S/c1-34-9-8-15(21(32)33)25-20(31)16(10-12-2-4-13(26)5-3-12)24-17(27)11-23-19(30)14(22)6-7-18(28)29/h2-5,14-16,26H,6-11,22H2,1H3,(H,23,30)(H,24,27)(H,25,31)(H,28,29)(H,32,33). The SMILES string of the molecule is CSCCC(NC(=O)C(Cc1ccc(O)cc1)NC(=O)CNC(=O)C(N)CCC(=O)O)C(=O)O. The number of amides is 3. The van der Waals surface area contributed by atoms with Gasteiger partial charge in [0.2, 0.25) is 17.7 Å². The average Bonchev–Trinajstić information content (AvgIpc) is 2.79. The fourth-order valence-corrected chi connectivity index (χ4v) is 3.27. The number of aromatic hydroxyl groups is 1. The van der Waals surface area contributed by atoms with Crippen molar-refractivity contribution in [1.82, 2.24) is 16.0 Å². The third kappa shape index (κ3) is 11.0. The van der Waals surface area contributed by atoms with E-state index in [1.807, 2.05) is 0 Å². The van der Waals surface area contributed by atoms with Gasteiger partial charge in [-0.3, -0.25) is 19.2 Å². The lowest BCUT2D eigenvalue weighted by atomic mass is 10.0. The molecule has 8 N–H and O–H groups in total. The summed E-state index contributed by atoms with van der Waals surface area (Å²) in [6.45, 7) is -0.520. The number of rotatable bonds is 15. The number of carboxylic acid groups (broad SMARTS) is 2. The van der Waals surface area contributed by atoms with Crippen LogP contribution in [0.15, 0.2) is 24.3 Å². The van der Waals surface area contributed by atoms with Gasteiger partial charge in [0.1, 0.15) is 17.8 Å². The Labute approximate surface area is 200 Å². The summed E-state index contributed by atoms with van der Waals surface area (Å²) in [5.74, 6) is -3.98. The second kappa shape index (κ2) is 14.8. The molecule has 0 aromatic heterocycles. The molecule has 0 radical (unpaired) electrons. The molecule has 1 aromatic carbocycles. The van der Waals surface area contributed by atoms with Crippen LogP contribution in [0.3, 0.4) is 0 Å². The van der Waals surface area contributed by atoms with E-state index in [9.17, 15) is 34.2 Å². The summed E-state index contributed by atoms with van der Waals surface area (Å²) < 4.78 is 0. The number of carboxylic acids is 2. The van der Waals surface area contributed by atoms with Gasteiger partial charge >= 0.3 is 11.9 Å². The minimum Gasteiger partial charge on any atom is -0.508 e. The molecule has 0 aliphatic heterocycles. The second-order valence-electron chi connectivity index (χ2n) is 7.43. The number of carbonyl (C=O) groups is 5. The lowest BCUT2D eigenvalue weighted by Crippen LogP contribution is -2.54. The van der Waals surface area contributed by atoms with Crippen LogP contribution < -0.4 is 21.7 Å². The first-order valence-electron chi connectivity index (χ1n) is 10.4. The fourth-order valence-electron chi connectivity index (χ4n) is 2.80. The van der Waals surface area contributed by atoms with Crippen molar-refractivity contribution in [3.05, 3.63) is 29.8 Å². The normalized spacial score (nSPS) is 13.2. The largest absolute Gasteiger partial charge is 0.508 e. The number of aliphatic carboxylic acids is 2. The van der Waals surface area contributed by atoms with Gasteiger partial charge in [-0.1, -0.05) is 12.1 Å². The lowest BCUT2D eigenvalue weighted by molar-refractivity contribution is -0.142. The number of phenols is 1. The van der Waals surface area contributed by atoms with E-state index in [1.165, 1.54) is 23.9 Å². The van der Waals surface area contributed by atoms with Crippen LogP contribution in [0, 0.1) is 0 Å². The van der Waals surface area contributed by atoms with E-state index in [0.29, 0.717) is 11.3 Å². The Kier molecular flexibility index (Phi) is 12.5. The van der Waals surface area contributed by atoms with E-state index in [2.05, 4.69) is 16.0 Å². The van der Waals surface area contributed by atoms with Gasteiger partial charge in [0.15, 0.2) is 0 Å². The molecule has 0 heterocycles. The number of phenolic OH excluding ortho intramolecular Hbond substituents is 1. The Bertz CT molecular complexity index is 865. The van der Waals surface area contributed by atoms with E-state index >= 15 is 0 Å². The second-order valence-corrected chi connectivity index (χ2v) is 8.41. The third-order valence-electron chi connectivity index (χ3n) is 4.68. The van der Waals surface area contributed by atoms with Gasteiger partial charge < -0.3 is 37.0 Å². The Hall–Kier alpha value is -3.32. The van der Waals surface area contributed by atoms with Gasteiger partial charge in [-0.05, 0) is 42.5 Å². The summed E-state index contributed by atoms with van der Waals surface area (Å²) in [5.41, 5.74) is 6.18. The highest BCUT2D eigenvalue weighted by atomic mass is 32.2. The van der Waals surface area contributed by atoms with Gasteiger partial charge in [0.25, 0.3) is 0 Å². The van der Waals surface area contributed by atoms with Gasteiger partial charge in [0.05, 0.1) is 12.6 Å². The smallest absolute Gasteiger partial charge is 0.326 e. The highest BCUT2D eigenvalue weighted by Gasteiger charge is 2.27. The predicted octanol–water partition coefficient (Wildman–Crippen LogP) is -0.950. The number of carbonyl (C=O) groups excluding carboxylic acids is 3. The highest BCUT2D eigenvalue weighted by molar-refractivity contribution is 7.98. The summed E-state index contributed by atoms with van der Waals surface area (Å²) in [6, 6.07) is 2.48. The summed E-state index contributed by atoms with van der Waals surface area (Å²) in [5, 5.41) is 34.6. The molecule has 1 aromatic rings. The van der Waals surface area contributed by atoms with Crippen molar-refractivity contribution in [1.29, 1.82) is 0 Å². The number of thioether (sulfide) groups is 1. The highest BCUT2D eigenvalue weighted by Crippen LogP contribution is 2.12. The number of hydrogen-bond acceptors (Lipinski definition) is 8. The molecule has 3 atom stereocenters. The molecule has 188 valence electrons. The van der Waals surface area contributed by atoms with Crippen LogP contribution in [0.2, 0.25) is 0 Å². The fraction of sp³-hybridized carbons (Fsp3) is 0.476. The van der Waals surface area contributed by atoms with Crippen molar-refractivity contribution >= 4 is 41.4 Å². The molecule has 34 heavy (non-hydrogen) atoms. The quantitative estimate of drug-likeness (QED) is 0.158. The first-order chi connectivity index (χ1) is 16.0. The topological polar surface area (TPSA) is 208 Å². The van der Waals surface area contributed by atoms with Crippen LogP contribution in [0.4, 0.5) is 0 Å². The van der Waals surface area contributed by atoms with Crippen LogP contribution in [-0.2, 0) is 30.4 Å². The van der Waals surface area contributed by atoms with E-state index in [0.717, 1.165) is 0 Å². The van der Waals surface area contributed by atoms with Gasteiger partial charge in [-0.25, -0.2) is 4.79 Å². The van der Waals surface area contributed by atoms with Crippen LogP contribution in [-0.4, -0.2) is 81.7 Å². The minimum absolute atomic E-state index is 0.00120. The first kappa shape index (κ1) is 28.7. The Morgan fingerprint density at radius 3 is 2.18 bits per heavy atom. The molecule has 12 nitrogen and oxygen atoms in total. The minimum atomic E-state index is -1.21. The van der Waals surface area contributed by atoms with Crippen molar-refractivity contribution in [3.8, 4) is 5.75 Å². The molecule has 13 heteroatoms. The zero-order valence-corrected chi connectivity index (χ0v) is 19.5. The number of nitrogens with two attached hydrogens (primary N) is 1. The zero-order chi connectivity index (χ0) is 25.7. The summed E-state index contributed by atoms with van der Waals surface area (Å²) in [4.78, 5) is 59.2. The summed E-state index contributed by atoms with van der Waals surface area (Å²) in [7, 11) is 0. The predicted molar refractivity (Wildman–Crippen MR) is 124 cm³/mol. The lowest BCUT2D eigenvalue weighted by Gasteiger charge is -2.22.